The van der Waals surface area contributed by atoms with Gasteiger partial charge >= 0.3 is 0 Å². The normalized spacial score (nSPS) is 15.6. The van der Waals surface area contributed by atoms with Crippen molar-refractivity contribution in [3.63, 3.8) is 0 Å². The number of nitrogens with two attached hydrogens (primary N) is 1. The van der Waals surface area contributed by atoms with Crippen molar-refractivity contribution < 1.29 is 13.9 Å². The summed E-state index contributed by atoms with van der Waals surface area (Å²) < 4.78 is 18.7. The van der Waals surface area contributed by atoms with Crippen molar-refractivity contribution in [1.82, 2.24) is 5.32 Å². The van der Waals surface area contributed by atoms with E-state index in [4.69, 9.17) is 10.5 Å². The van der Waals surface area contributed by atoms with Gasteiger partial charge in [-0.15, -0.1) is 0 Å². The fraction of sp³-hybridized carbons (Fsp3) is 0.438. The summed E-state index contributed by atoms with van der Waals surface area (Å²) in [6.07, 6.45) is 2.98. The van der Waals surface area contributed by atoms with Crippen LogP contribution in [0.3, 0.4) is 0 Å². The third-order valence-corrected chi connectivity index (χ3v) is 3.82. The lowest BCUT2D eigenvalue weighted by molar-refractivity contribution is -0.0679. The molecule has 5 heteroatoms. The van der Waals surface area contributed by atoms with Gasteiger partial charge in [-0.1, -0.05) is 11.8 Å². The molecule has 1 aliphatic carbocycles. The number of carbonyl (C=O) groups excluding carboxylic acids is 1. The molecule has 0 unspecified atom stereocenters. The number of methoxy groups -OCH3 is 1. The first-order chi connectivity index (χ1) is 10.1. The van der Waals surface area contributed by atoms with E-state index in [0.29, 0.717) is 17.7 Å². The van der Waals surface area contributed by atoms with Crippen LogP contribution in [-0.2, 0) is 4.74 Å². The van der Waals surface area contributed by atoms with E-state index >= 15 is 0 Å². The SMILES string of the molecule is COC1(CNC(=O)c2ccc(F)cc2C#CCN)CCC1. The third kappa shape index (κ3) is 3.60. The molecule has 1 amide bonds. The topological polar surface area (TPSA) is 64.3 Å². The van der Waals surface area contributed by atoms with Crippen molar-refractivity contribution >= 4 is 5.91 Å². The highest BCUT2D eigenvalue weighted by molar-refractivity contribution is 5.96. The van der Waals surface area contributed by atoms with Gasteiger partial charge in [0.25, 0.3) is 5.91 Å². The molecule has 1 aliphatic rings. The van der Waals surface area contributed by atoms with E-state index in [9.17, 15) is 9.18 Å². The number of amides is 1. The molecular weight excluding hydrogens is 271 g/mol. The first-order valence-electron chi connectivity index (χ1n) is 6.92. The Labute approximate surface area is 123 Å². The van der Waals surface area contributed by atoms with Crippen LogP contribution in [-0.4, -0.2) is 31.7 Å². The number of nitrogens with one attached hydrogen (secondary N) is 1. The lowest BCUT2D eigenvalue weighted by Gasteiger charge is -2.40. The van der Waals surface area contributed by atoms with E-state index in [-0.39, 0.29) is 18.1 Å². The average Bonchev–Trinajstić information content (AvgIpc) is 2.44. The van der Waals surface area contributed by atoms with Crippen molar-refractivity contribution in [1.29, 1.82) is 0 Å². The molecule has 3 N–H and O–H groups in total. The van der Waals surface area contributed by atoms with E-state index in [1.165, 1.54) is 18.2 Å². The zero-order valence-corrected chi connectivity index (χ0v) is 12.0. The number of benzene rings is 1. The molecule has 0 radical (unpaired) electrons. The molecule has 1 aromatic carbocycles. The van der Waals surface area contributed by atoms with Crippen LogP contribution in [0.5, 0.6) is 0 Å². The van der Waals surface area contributed by atoms with Crippen LogP contribution in [0.25, 0.3) is 0 Å². The quantitative estimate of drug-likeness (QED) is 0.825. The second-order valence-electron chi connectivity index (χ2n) is 5.12. The molecule has 2 rings (SSSR count). The van der Waals surface area contributed by atoms with Crippen LogP contribution in [0.2, 0.25) is 0 Å². The highest BCUT2D eigenvalue weighted by Crippen LogP contribution is 2.34. The first kappa shape index (κ1) is 15.5. The van der Waals surface area contributed by atoms with E-state index in [1.807, 2.05) is 0 Å². The molecule has 0 atom stereocenters. The fourth-order valence-electron chi connectivity index (χ4n) is 2.32. The van der Waals surface area contributed by atoms with Gasteiger partial charge in [0.15, 0.2) is 0 Å². The Balaban J connectivity index is 2.11. The summed E-state index contributed by atoms with van der Waals surface area (Å²) in [5.41, 5.74) is 5.76. The largest absolute Gasteiger partial charge is 0.376 e. The molecule has 0 saturated heterocycles. The number of hydrogen-bond acceptors (Lipinski definition) is 3. The van der Waals surface area contributed by atoms with Crippen molar-refractivity contribution in [2.75, 3.05) is 20.2 Å². The molecular formula is C16H19FN2O2. The fourth-order valence-corrected chi connectivity index (χ4v) is 2.32. The van der Waals surface area contributed by atoms with Crippen molar-refractivity contribution in [2.45, 2.75) is 24.9 Å². The average molecular weight is 290 g/mol. The number of halogens is 1. The highest BCUT2D eigenvalue weighted by Gasteiger charge is 2.37. The molecule has 4 nitrogen and oxygen atoms in total. The van der Waals surface area contributed by atoms with Gasteiger partial charge in [0.05, 0.1) is 17.7 Å². The molecule has 1 fully saturated rings. The second kappa shape index (κ2) is 6.70. The van der Waals surface area contributed by atoms with Gasteiger partial charge in [0, 0.05) is 19.2 Å². The molecule has 21 heavy (non-hydrogen) atoms. The van der Waals surface area contributed by atoms with Crippen LogP contribution in [0.15, 0.2) is 18.2 Å². The number of hydrogen-bond donors (Lipinski definition) is 2. The molecule has 1 saturated carbocycles. The summed E-state index contributed by atoms with van der Waals surface area (Å²) in [5, 5.41) is 2.84. The second-order valence-corrected chi connectivity index (χ2v) is 5.12. The maximum absolute atomic E-state index is 13.3. The molecule has 112 valence electrons. The Bertz CT molecular complexity index is 580. The van der Waals surface area contributed by atoms with Gasteiger partial charge in [0.2, 0.25) is 0 Å². The van der Waals surface area contributed by atoms with Gasteiger partial charge in [-0.25, -0.2) is 4.39 Å². The first-order valence-corrected chi connectivity index (χ1v) is 6.92. The molecule has 0 heterocycles. The number of ether oxygens (including phenoxy) is 1. The predicted octanol–water partition coefficient (Wildman–Crippen LogP) is 1.43. The van der Waals surface area contributed by atoms with Gasteiger partial charge < -0.3 is 15.8 Å². The van der Waals surface area contributed by atoms with Crippen molar-refractivity contribution in [2.24, 2.45) is 5.73 Å². The number of carbonyl (C=O) groups is 1. The van der Waals surface area contributed by atoms with Crippen LogP contribution in [0.1, 0.15) is 35.2 Å². The Morgan fingerprint density at radius 3 is 2.86 bits per heavy atom. The Morgan fingerprint density at radius 1 is 1.52 bits per heavy atom. The monoisotopic (exact) mass is 290 g/mol. The Hall–Kier alpha value is -1.90. The van der Waals surface area contributed by atoms with E-state index < -0.39 is 5.82 Å². The zero-order valence-electron chi connectivity index (χ0n) is 12.0. The van der Waals surface area contributed by atoms with Crippen molar-refractivity contribution in [3.8, 4) is 11.8 Å². The molecule has 0 aliphatic heterocycles. The maximum Gasteiger partial charge on any atom is 0.252 e. The van der Waals surface area contributed by atoms with Gasteiger partial charge in [-0.05, 0) is 37.5 Å². The summed E-state index contributed by atoms with van der Waals surface area (Å²) >= 11 is 0. The lowest BCUT2D eigenvalue weighted by Crippen LogP contribution is -2.49. The standard InChI is InChI=1S/C16H19FN2O2/c1-21-16(7-3-8-16)11-19-15(20)14-6-5-13(17)10-12(14)4-2-9-18/h5-6,10H,3,7-9,11,18H2,1H3,(H,19,20). The van der Waals surface area contributed by atoms with Crippen LogP contribution < -0.4 is 11.1 Å². The summed E-state index contributed by atoms with van der Waals surface area (Å²) in [6, 6.07) is 3.93. The van der Waals surface area contributed by atoms with E-state index in [2.05, 4.69) is 17.2 Å². The van der Waals surface area contributed by atoms with Crippen LogP contribution in [0.4, 0.5) is 4.39 Å². The van der Waals surface area contributed by atoms with E-state index in [1.54, 1.807) is 7.11 Å². The minimum atomic E-state index is -0.430. The van der Waals surface area contributed by atoms with E-state index in [0.717, 1.165) is 19.3 Å². The summed E-state index contributed by atoms with van der Waals surface area (Å²) in [6.45, 7) is 0.605. The van der Waals surface area contributed by atoms with Gasteiger partial charge in [0.1, 0.15) is 5.82 Å². The van der Waals surface area contributed by atoms with Crippen molar-refractivity contribution in [3.05, 3.63) is 35.1 Å². The molecule has 0 aromatic heterocycles. The number of rotatable bonds is 4. The molecule has 1 aromatic rings. The van der Waals surface area contributed by atoms with Gasteiger partial charge in [-0.3, -0.25) is 4.79 Å². The lowest BCUT2D eigenvalue weighted by atomic mass is 9.80. The summed E-state index contributed by atoms with van der Waals surface area (Å²) in [5.74, 6) is 4.66. The summed E-state index contributed by atoms with van der Waals surface area (Å²) in [4.78, 5) is 12.3. The Morgan fingerprint density at radius 2 is 2.29 bits per heavy atom. The minimum Gasteiger partial charge on any atom is -0.376 e. The third-order valence-electron chi connectivity index (χ3n) is 3.82. The van der Waals surface area contributed by atoms with Gasteiger partial charge in [-0.2, -0.15) is 0 Å². The minimum absolute atomic E-state index is 0.157. The van der Waals surface area contributed by atoms with Crippen LogP contribution in [0, 0.1) is 17.7 Å². The highest BCUT2D eigenvalue weighted by atomic mass is 19.1. The summed E-state index contributed by atoms with van der Waals surface area (Å²) in [7, 11) is 1.65. The van der Waals surface area contributed by atoms with Crippen LogP contribution >= 0.6 is 0 Å². The molecule has 0 bridgehead atoms. The smallest absolute Gasteiger partial charge is 0.252 e. The Kier molecular flexibility index (Phi) is 4.94. The predicted molar refractivity (Wildman–Crippen MR) is 78.3 cm³/mol. The molecule has 0 spiro atoms. The zero-order chi connectivity index (χ0) is 15.3. The maximum atomic E-state index is 13.3.